The highest BCUT2D eigenvalue weighted by Gasteiger charge is 2.36. The fourth-order valence-electron chi connectivity index (χ4n) is 2.22. The molecule has 2 rings (SSSR count). The van der Waals surface area contributed by atoms with Gasteiger partial charge in [-0.25, -0.2) is 9.69 Å². The van der Waals surface area contributed by atoms with Gasteiger partial charge in [-0.1, -0.05) is 0 Å². The first-order valence-corrected chi connectivity index (χ1v) is 11.1. The van der Waals surface area contributed by atoms with Crippen LogP contribution in [0.4, 0.5) is 11.4 Å². The Kier molecular flexibility index (Phi) is 6.97. The molecule has 0 bridgehead atoms. The fourth-order valence-corrected chi connectivity index (χ4v) is 7.76. The van der Waals surface area contributed by atoms with Crippen molar-refractivity contribution in [3.05, 3.63) is 16.3 Å². The van der Waals surface area contributed by atoms with Gasteiger partial charge in [0.25, 0.3) is 0 Å². The minimum atomic E-state index is -1.18. The van der Waals surface area contributed by atoms with Crippen molar-refractivity contribution in [2.75, 3.05) is 28.4 Å². The number of thioether (sulfide) groups is 1. The number of anilines is 2. The molecule has 1 fully saturated rings. The minimum Gasteiger partial charge on any atom is -0.478 e. The molecule has 0 spiro atoms. The maximum atomic E-state index is 12.3. The zero-order chi connectivity index (χ0) is 19.0. The van der Waals surface area contributed by atoms with Crippen LogP contribution in [0.2, 0.25) is 0 Å². The van der Waals surface area contributed by atoms with Gasteiger partial charge in [0.2, 0.25) is 17.7 Å². The molecule has 25 heavy (non-hydrogen) atoms. The molecule has 1 aromatic carbocycles. The average molecular weight is 700 g/mol. The minimum absolute atomic E-state index is 0.0291. The predicted octanol–water partition coefficient (Wildman–Crippen LogP) is 2.79. The SMILES string of the molecule is CC(=O)N(C)c1c(I)c(C(=O)O)c(I)c(N2C(=O)CSCC2=O)c1I. The number of imide groups is 1. The van der Waals surface area contributed by atoms with Crippen molar-refractivity contribution in [2.45, 2.75) is 6.92 Å². The molecule has 0 radical (unpaired) electrons. The third-order valence-corrected chi connectivity index (χ3v) is 7.49. The Morgan fingerprint density at radius 3 is 2.04 bits per heavy atom. The molecule has 0 saturated carbocycles. The van der Waals surface area contributed by atoms with Gasteiger partial charge in [-0.2, -0.15) is 0 Å². The molecule has 0 unspecified atom stereocenters. The van der Waals surface area contributed by atoms with E-state index in [-0.39, 0.29) is 28.7 Å². The number of hydrogen-bond acceptors (Lipinski definition) is 5. The van der Waals surface area contributed by atoms with Gasteiger partial charge in [0.1, 0.15) is 0 Å². The Morgan fingerprint density at radius 1 is 1.08 bits per heavy atom. The number of amides is 3. The van der Waals surface area contributed by atoms with Gasteiger partial charge in [0.05, 0.1) is 39.2 Å². The van der Waals surface area contributed by atoms with Gasteiger partial charge in [-0.3, -0.25) is 14.4 Å². The van der Waals surface area contributed by atoms with Crippen LogP contribution in [-0.4, -0.2) is 47.4 Å². The van der Waals surface area contributed by atoms with E-state index in [1.54, 1.807) is 0 Å². The highest BCUT2D eigenvalue weighted by Crippen LogP contribution is 2.43. The lowest BCUT2D eigenvalue weighted by atomic mass is 10.1. The molecule has 0 aromatic heterocycles. The Bertz CT molecular complexity index is 798. The standard InChI is InChI=1S/C14H11I3N2O5S/c1-5(20)18(2)12-9(15)8(14(23)24)10(16)13(11(12)17)19-6(21)3-25-4-7(19)22/h3-4H2,1-2H3,(H,23,24). The van der Waals surface area contributed by atoms with Gasteiger partial charge in [0, 0.05) is 14.0 Å². The first-order chi connectivity index (χ1) is 11.6. The second-order valence-electron chi connectivity index (χ2n) is 5.01. The molecule has 0 atom stereocenters. The Morgan fingerprint density at radius 2 is 1.60 bits per heavy atom. The van der Waals surface area contributed by atoms with E-state index >= 15 is 0 Å². The summed E-state index contributed by atoms with van der Waals surface area (Å²) < 4.78 is 1.17. The summed E-state index contributed by atoms with van der Waals surface area (Å²) in [5.41, 5.74) is 0.580. The number of carbonyl (C=O) groups excluding carboxylic acids is 3. The topological polar surface area (TPSA) is 95.0 Å². The number of benzene rings is 1. The normalized spacial score (nSPS) is 14.7. The van der Waals surface area contributed by atoms with Crippen molar-refractivity contribution in [1.82, 2.24) is 0 Å². The second-order valence-corrected chi connectivity index (χ2v) is 9.23. The van der Waals surface area contributed by atoms with Crippen molar-refractivity contribution < 1.29 is 24.3 Å². The summed E-state index contributed by atoms with van der Waals surface area (Å²) in [6.07, 6.45) is 0. The van der Waals surface area contributed by atoms with Crippen molar-refractivity contribution in [3.63, 3.8) is 0 Å². The first kappa shape index (κ1) is 21.1. The van der Waals surface area contributed by atoms with E-state index in [1.165, 1.54) is 30.6 Å². The number of carbonyl (C=O) groups is 4. The number of nitrogens with zero attached hydrogens (tertiary/aromatic N) is 2. The van der Waals surface area contributed by atoms with Crippen LogP contribution in [0.5, 0.6) is 0 Å². The highest BCUT2D eigenvalue weighted by atomic mass is 127. The molecular weight excluding hydrogens is 689 g/mol. The smallest absolute Gasteiger partial charge is 0.338 e. The molecule has 1 aliphatic rings. The predicted molar refractivity (Wildman–Crippen MR) is 120 cm³/mol. The highest BCUT2D eigenvalue weighted by molar-refractivity contribution is 14.1. The maximum Gasteiger partial charge on any atom is 0.338 e. The van der Waals surface area contributed by atoms with Crippen LogP contribution < -0.4 is 9.80 Å². The number of halogens is 3. The van der Waals surface area contributed by atoms with Crippen molar-refractivity contribution in [1.29, 1.82) is 0 Å². The molecule has 1 heterocycles. The quantitative estimate of drug-likeness (QED) is 0.386. The molecule has 1 aromatic rings. The van der Waals surface area contributed by atoms with Gasteiger partial charge in [0.15, 0.2) is 0 Å². The van der Waals surface area contributed by atoms with Crippen LogP contribution in [0, 0.1) is 10.7 Å². The van der Waals surface area contributed by atoms with Gasteiger partial charge >= 0.3 is 5.97 Å². The molecule has 134 valence electrons. The Labute approximate surface area is 188 Å². The van der Waals surface area contributed by atoms with Gasteiger partial charge < -0.3 is 10.0 Å². The molecule has 7 nitrogen and oxygen atoms in total. The van der Waals surface area contributed by atoms with Crippen molar-refractivity contribution >= 4 is 115 Å². The lowest BCUT2D eigenvalue weighted by Crippen LogP contribution is -2.44. The van der Waals surface area contributed by atoms with Gasteiger partial charge in [-0.05, 0) is 67.8 Å². The summed E-state index contributed by atoms with van der Waals surface area (Å²) in [6, 6.07) is 0. The zero-order valence-corrected chi connectivity index (χ0v) is 20.2. The van der Waals surface area contributed by atoms with Crippen LogP contribution in [0.3, 0.4) is 0 Å². The third kappa shape index (κ3) is 3.92. The van der Waals surface area contributed by atoms with Crippen LogP contribution in [0.15, 0.2) is 0 Å². The average Bonchev–Trinajstić information content (AvgIpc) is 2.49. The first-order valence-electron chi connectivity index (χ1n) is 6.71. The van der Waals surface area contributed by atoms with E-state index < -0.39 is 17.8 Å². The van der Waals surface area contributed by atoms with E-state index in [4.69, 9.17) is 0 Å². The lowest BCUT2D eigenvalue weighted by molar-refractivity contribution is -0.124. The van der Waals surface area contributed by atoms with Crippen LogP contribution >= 0.6 is 79.5 Å². The number of carboxylic acids is 1. The summed E-state index contributed by atoms with van der Waals surface area (Å²) in [7, 11) is 1.53. The largest absolute Gasteiger partial charge is 0.478 e. The molecule has 1 aliphatic heterocycles. The molecule has 0 aliphatic carbocycles. The monoisotopic (exact) mass is 700 g/mol. The molecule has 1 saturated heterocycles. The molecule has 1 N–H and O–H groups in total. The van der Waals surface area contributed by atoms with Crippen molar-refractivity contribution in [2.24, 2.45) is 0 Å². The van der Waals surface area contributed by atoms with Crippen molar-refractivity contribution in [3.8, 4) is 0 Å². The van der Waals surface area contributed by atoms with E-state index in [1.807, 2.05) is 67.8 Å². The summed E-state index contributed by atoms with van der Waals surface area (Å²) >= 11 is 6.89. The fraction of sp³-hybridized carbons (Fsp3) is 0.286. The summed E-state index contributed by atoms with van der Waals surface area (Å²) in [4.78, 5) is 50.7. The number of carboxylic acid groups (broad SMARTS) is 1. The summed E-state index contributed by atoms with van der Waals surface area (Å²) in [5, 5.41) is 9.63. The summed E-state index contributed by atoms with van der Waals surface area (Å²) in [5.74, 6) is -1.98. The number of rotatable bonds is 3. The van der Waals surface area contributed by atoms with E-state index in [0.29, 0.717) is 16.4 Å². The number of aromatic carboxylic acids is 1. The van der Waals surface area contributed by atoms with E-state index in [2.05, 4.69) is 0 Å². The summed E-state index contributed by atoms with van der Waals surface area (Å²) in [6.45, 7) is 1.36. The molecular formula is C14H11I3N2O5S. The van der Waals surface area contributed by atoms with Crippen LogP contribution in [0.25, 0.3) is 0 Å². The third-order valence-electron chi connectivity index (χ3n) is 3.47. The van der Waals surface area contributed by atoms with E-state index in [0.717, 1.165) is 4.90 Å². The molecule has 11 heteroatoms. The zero-order valence-electron chi connectivity index (χ0n) is 12.9. The Hall–Kier alpha value is -0.160. The number of hydrogen-bond donors (Lipinski definition) is 1. The van der Waals surface area contributed by atoms with E-state index in [9.17, 15) is 24.3 Å². The molecule has 3 amide bonds. The van der Waals surface area contributed by atoms with Crippen LogP contribution in [-0.2, 0) is 14.4 Å². The lowest BCUT2D eigenvalue weighted by Gasteiger charge is -2.30. The maximum absolute atomic E-state index is 12.3. The van der Waals surface area contributed by atoms with Crippen LogP contribution in [0.1, 0.15) is 17.3 Å². The van der Waals surface area contributed by atoms with Gasteiger partial charge in [-0.15, -0.1) is 11.8 Å². The Balaban J connectivity index is 2.88. The second kappa shape index (κ2) is 8.24.